The molecule has 3 rings (SSSR count). The van der Waals surface area contributed by atoms with Gasteiger partial charge in [0.1, 0.15) is 0 Å². The number of thiophene rings is 1. The molecule has 2 atom stereocenters. The Labute approximate surface area is 106 Å². The van der Waals surface area contributed by atoms with E-state index < -0.39 is 0 Å². The highest BCUT2D eigenvalue weighted by molar-refractivity contribution is 7.07. The summed E-state index contributed by atoms with van der Waals surface area (Å²) in [6.07, 6.45) is 2.37. The van der Waals surface area contributed by atoms with E-state index in [4.69, 9.17) is 0 Å². The first-order valence-electron chi connectivity index (χ1n) is 6.14. The number of benzene rings is 1. The van der Waals surface area contributed by atoms with Gasteiger partial charge in [-0.1, -0.05) is 24.3 Å². The van der Waals surface area contributed by atoms with Crippen molar-refractivity contribution in [3.8, 4) is 0 Å². The van der Waals surface area contributed by atoms with Crippen molar-refractivity contribution in [1.29, 1.82) is 0 Å². The molecule has 2 unspecified atom stereocenters. The van der Waals surface area contributed by atoms with Gasteiger partial charge in [0.2, 0.25) is 0 Å². The van der Waals surface area contributed by atoms with Crippen LogP contribution in [0.15, 0.2) is 41.1 Å². The zero-order valence-corrected chi connectivity index (χ0v) is 10.8. The zero-order chi connectivity index (χ0) is 11.7. The first-order chi connectivity index (χ1) is 8.38. The molecule has 0 bridgehead atoms. The Kier molecular flexibility index (Phi) is 3.00. The molecule has 1 aliphatic carbocycles. The molecule has 1 aliphatic rings. The van der Waals surface area contributed by atoms with Crippen LogP contribution in [0, 0.1) is 0 Å². The molecule has 17 heavy (non-hydrogen) atoms. The van der Waals surface area contributed by atoms with Gasteiger partial charge in [-0.3, -0.25) is 0 Å². The molecule has 1 N–H and O–H groups in total. The number of fused-ring (bicyclic) bond motifs is 1. The number of hydrogen-bond donors (Lipinski definition) is 1. The van der Waals surface area contributed by atoms with Gasteiger partial charge in [-0.15, -0.1) is 0 Å². The Hall–Kier alpha value is -1.12. The summed E-state index contributed by atoms with van der Waals surface area (Å²) in [6, 6.07) is 11.6. The molecule has 1 aromatic heterocycles. The van der Waals surface area contributed by atoms with E-state index in [0.717, 1.165) is 6.42 Å². The molecule has 1 nitrogen and oxygen atoms in total. The topological polar surface area (TPSA) is 12.0 Å². The fourth-order valence-electron chi connectivity index (χ4n) is 2.76. The van der Waals surface area contributed by atoms with Crippen LogP contribution in [0.3, 0.4) is 0 Å². The molecule has 0 amide bonds. The standard InChI is InChI=1S/C15H17NS/c1-16-15(8-11-6-7-17-10-11)14-9-12-4-2-3-5-13(12)14/h2-7,10,14-16H,8-9H2,1H3. The van der Waals surface area contributed by atoms with E-state index in [-0.39, 0.29) is 0 Å². The average Bonchev–Trinajstić information content (AvgIpc) is 2.82. The van der Waals surface area contributed by atoms with Crippen LogP contribution in [-0.2, 0) is 12.8 Å². The quantitative estimate of drug-likeness (QED) is 0.869. The molecule has 0 saturated carbocycles. The maximum absolute atomic E-state index is 3.49. The van der Waals surface area contributed by atoms with Crippen LogP contribution in [0.2, 0.25) is 0 Å². The molecule has 2 aromatic rings. The monoisotopic (exact) mass is 243 g/mol. The van der Waals surface area contributed by atoms with Crippen LogP contribution < -0.4 is 5.32 Å². The maximum Gasteiger partial charge on any atom is 0.0177 e. The second-order valence-corrected chi connectivity index (χ2v) is 5.52. The summed E-state index contributed by atoms with van der Waals surface area (Å²) in [4.78, 5) is 0. The van der Waals surface area contributed by atoms with Crippen LogP contribution >= 0.6 is 11.3 Å². The molecule has 0 radical (unpaired) electrons. The van der Waals surface area contributed by atoms with Gasteiger partial charge in [0.05, 0.1) is 0 Å². The second-order valence-electron chi connectivity index (χ2n) is 4.74. The molecular formula is C15H17NS. The molecule has 0 spiro atoms. The highest BCUT2D eigenvalue weighted by Gasteiger charge is 2.31. The highest BCUT2D eigenvalue weighted by atomic mass is 32.1. The van der Waals surface area contributed by atoms with Gasteiger partial charge in [0.25, 0.3) is 0 Å². The van der Waals surface area contributed by atoms with Gasteiger partial charge >= 0.3 is 0 Å². The molecule has 0 fully saturated rings. The summed E-state index contributed by atoms with van der Waals surface area (Å²) in [5, 5.41) is 7.91. The Morgan fingerprint density at radius 3 is 2.94 bits per heavy atom. The van der Waals surface area contributed by atoms with Crippen molar-refractivity contribution < 1.29 is 0 Å². The van der Waals surface area contributed by atoms with Crippen molar-refractivity contribution in [2.45, 2.75) is 24.8 Å². The van der Waals surface area contributed by atoms with E-state index in [1.807, 2.05) is 0 Å². The van der Waals surface area contributed by atoms with Gasteiger partial charge < -0.3 is 5.32 Å². The third-order valence-electron chi connectivity index (χ3n) is 3.79. The predicted molar refractivity (Wildman–Crippen MR) is 73.8 cm³/mol. The number of likely N-dealkylation sites (N-methyl/N-ethyl adjacent to an activating group) is 1. The minimum Gasteiger partial charge on any atom is -0.316 e. The third-order valence-corrected chi connectivity index (χ3v) is 4.52. The minimum absolute atomic E-state index is 0.569. The maximum atomic E-state index is 3.49. The lowest BCUT2D eigenvalue weighted by molar-refractivity contribution is 0.423. The lowest BCUT2D eigenvalue weighted by Crippen LogP contribution is -2.39. The van der Waals surface area contributed by atoms with E-state index in [0.29, 0.717) is 12.0 Å². The Morgan fingerprint density at radius 2 is 2.24 bits per heavy atom. The third kappa shape index (κ3) is 2.03. The van der Waals surface area contributed by atoms with Gasteiger partial charge in [-0.05, 0) is 53.4 Å². The van der Waals surface area contributed by atoms with Crippen LogP contribution in [0.4, 0.5) is 0 Å². The Balaban J connectivity index is 1.76. The molecule has 1 aromatic carbocycles. The fraction of sp³-hybridized carbons (Fsp3) is 0.333. The first kappa shape index (κ1) is 11.0. The van der Waals surface area contributed by atoms with Crippen molar-refractivity contribution in [2.75, 3.05) is 7.05 Å². The van der Waals surface area contributed by atoms with Crippen LogP contribution in [0.5, 0.6) is 0 Å². The summed E-state index contributed by atoms with van der Waals surface area (Å²) in [5.74, 6) is 0.691. The van der Waals surface area contributed by atoms with Crippen molar-refractivity contribution in [3.63, 3.8) is 0 Å². The summed E-state index contributed by atoms with van der Waals surface area (Å²) in [7, 11) is 2.08. The normalized spacial score (nSPS) is 19.5. The number of rotatable bonds is 4. The highest BCUT2D eigenvalue weighted by Crippen LogP contribution is 2.38. The number of hydrogen-bond acceptors (Lipinski definition) is 2. The zero-order valence-electron chi connectivity index (χ0n) is 10.0. The van der Waals surface area contributed by atoms with Gasteiger partial charge in [-0.2, -0.15) is 11.3 Å². The van der Waals surface area contributed by atoms with Crippen LogP contribution in [-0.4, -0.2) is 13.1 Å². The van der Waals surface area contributed by atoms with Crippen LogP contribution in [0.1, 0.15) is 22.6 Å². The van der Waals surface area contributed by atoms with E-state index in [9.17, 15) is 0 Å². The molecule has 1 heterocycles. The molecular weight excluding hydrogens is 226 g/mol. The summed E-state index contributed by atoms with van der Waals surface area (Å²) in [5.41, 5.74) is 4.53. The lowest BCUT2D eigenvalue weighted by atomic mass is 9.72. The minimum atomic E-state index is 0.569. The van der Waals surface area contributed by atoms with Crippen LogP contribution in [0.25, 0.3) is 0 Å². The van der Waals surface area contributed by atoms with Crippen molar-refractivity contribution in [1.82, 2.24) is 5.32 Å². The van der Waals surface area contributed by atoms with Crippen molar-refractivity contribution in [3.05, 3.63) is 57.8 Å². The SMILES string of the molecule is CNC(Cc1ccsc1)C1Cc2ccccc21. The molecule has 2 heteroatoms. The van der Waals surface area contributed by atoms with E-state index >= 15 is 0 Å². The summed E-state index contributed by atoms with van der Waals surface area (Å²) >= 11 is 1.79. The largest absolute Gasteiger partial charge is 0.316 e. The first-order valence-corrected chi connectivity index (χ1v) is 7.09. The van der Waals surface area contributed by atoms with E-state index in [2.05, 4.69) is 53.5 Å². The summed E-state index contributed by atoms with van der Waals surface area (Å²) < 4.78 is 0. The van der Waals surface area contributed by atoms with Gasteiger partial charge in [-0.25, -0.2) is 0 Å². The fourth-order valence-corrected chi connectivity index (χ4v) is 3.45. The lowest BCUT2D eigenvalue weighted by Gasteiger charge is -2.36. The molecule has 0 aliphatic heterocycles. The Bertz CT molecular complexity index is 489. The Morgan fingerprint density at radius 1 is 1.35 bits per heavy atom. The van der Waals surface area contributed by atoms with Gasteiger partial charge in [0, 0.05) is 12.0 Å². The average molecular weight is 243 g/mol. The summed E-state index contributed by atoms with van der Waals surface area (Å²) in [6.45, 7) is 0. The van der Waals surface area contributed by atoms with Crippen molar-refractivity contribution >= 4 is 11.3 Å². The smallest absolute Gasteiger partial charge is 0.0177 e. The molecule has 0 saturated heterocycles. The van der Waals surface area contributed by atoms with E-state index in [1.165, 1.54) is 17.5 Å². The number of nitrogens with one attached hydrogen (secondary N) is 1. The second kappa shape index (κ2) is 4.63. The molecule has 88 valence electrons. The van der Waals surface area contributed by atoms with Crippen molar-refractivity contribution in [2.24, 2.45) is 0 Å². The predicted octanol–water partition coefficient (Wildman–Crippen LogP) is 3.22. The van der Waals surface area contributed by atoms with E-state index in [1.54, 1.807) is 16.9 Å². The van der Waals surface area contributed by atoms with Gasteiger partial charge in [0.15, 0.2) is 0 Å².